The molecule has 6 nitrogen and oxygen atoms in total. The van der Waals surface area contributed by atoms with Crippen LogP contribution < -0.4 is 11.1 Å². The van der Waals surface area contributed by atoms with E-state index in [-0.39, 0.29) is 17.4 Å². The Kier molecular flexibility index (Phi) is 5.83. The molecular weight excluding hydrogens is 326 g/mol. The van der Waals surface area contributed by atoms with E-state index in [1.54, 1.807) is 0 Å². The fourth-order valence-corrected chi connectivity index (χ4v) is 3.73. The van der Waals surface area contributed by atoms with E-state index in [2.05, 4.69) is 58.3 Å². The van der Waals surface area contributed by atoms with Gasteiger partial charge >= 0.3 is 0 Å². The maximum absolute atomic E-state index is 12.1. The number of hydrogen-bond acceptors (Lipinski definition) is 5. The highest BCUT2D eigenvalue weighted by Crippen LogP contribution is 2.22. The molecular formula is C20H27N5O. The number of nitrogens with two attached hydrogens (primary N) is 1. The van der Waals surface area contributed by atoms with Crippen LogP contribution in [0.5, 0.6) is 0 Å². The zero-order valence-electron chi connectivity index (χ0n) is 15.5. The molecule has 6 heteroatoms. The SMILES string of the molecule is CC1CC(C)CN(Cc2ccc(CNC(=O)c3nccnc3N)cc2)C1. The van der Waals surface area contributed by atoms with E-state index in [4.69, 9.17) is 5.73 Å². The monoisotopic (exact) mass is 353 g/mol. The van der Waals surface area contributed by atoms with E-state index < -0.39 is 0 Å². The van der Waals surface area contributed by atoms with Crippen molar-refractivity contribution < 1.29 is 4.79 Å². The van der Waals surface area contributed by atoms with Crippen LogP contribution in [0.3, 0.4) is 0 Å². The van der Waals surface area contributed by atoms with Crippen LogP contribution in [-0.4, -0.2) is 33.9 Å². The molecule has 1 aliphatic heterocycles. The largest absolute Gasteiger partial charge is 0.382 e. The van der Waals surface area contributed by atoms with Gasteiger partial charge in [-0.1, -0.05) is 38.1 Å². The summed E-state index contributed by atoms with van der Waals surface area (Å²) in [5, 5.41) is 2.84. The zero-order valence-corrected chi connectivity index (χ0v) is 15.5. The van der Waals surface area contributed by atoms with Crippen molar-refractivity contribution in [2.24, 2.45) is 11.8 Å². The standard InChI is InChI=1S/C20H27N5O/c1-14-9-15(2)12-25(11-14)13-17-5-3-16(4-6-17)10-24-20(26)18-19(21)23-8-7-22-18/h3-8,14-15H,9-13H2,1-2H3,(H2,21,23)(H,24,26). The van der Waals surface area contributed by atoms with Crippen molar-refractivity contribution in [3.63, 3.8) is 0 Å². The first-order chi connectivity index (χ1) is 12.5. The summed E-state index contributed by atoms with van der Waals surface area (Å²) in [5.74, 6) is 1.37. The maximum atomic E-state index is 12.1. The number of carbonyl (C=O) groups excluding carboxylic acids is 1. The highest BCUT2D eigenvalue weighted by Gasteiger charge is 2.21. The van der Waals surface area contributed by atoms with Gasteiger partial charge in [-0.2, -0.15) is 0 Å². The average Bonchev–Trinajstić information content (AvgIpc) is 2.60. The molecule has 2 unspecified atom stereocenters. The van der Waals surface area contributed by atoms with Crippen LogP contribution in [0.1, 0.15) is 41.9 Å². The Morgan fingerprint density at radius 2 is 1.73 bits per heavy atom. The summed E-state index contributed by atoms with van der Waals surface area (Å²) in [6.07, 6.45) is 4.25. The number of nitrogens with zero attached hydrogens (tertiary/aromatic N) is 3. The molecule has 1 aromatic carbocycles. The van der Waals surface area contributed by atoms with Crippen molar-refractivity contribution in [2.45, 2.75) is 33.4 Å². The van der Waals surface area contributed by atoms with E-state index >= 15 is 0 Å². The summed E-state index contributed by atoms with van der Waals surface area (Å²) >= 11 is 0. The lowest BCUT2D eigenvalue weighted by Gasteiger charge is -2.35. The summed E-state index contributed by atoms with van der Waals surface area (Å²) in [6.45, 7) is 8.42. The molecule has 3 N–H and O–H groups in total. The highest BCUT2D eigenvalue weighted by molar-refractivity contribution is 5.96. The topological polar surface area (TPSA) is 84.1 Å². The van der Waals surface area contributed by atoms with E-state index in [0.29, 0.717) is 6.54 Å². The Bertz CT molecular complexity index is 736. The van der Waals surface area contributed by atoms with E-state index in [1.165, 1.54) is 37.5 Å². The van der Waals surface area contributed by atoms with Crippen LogP contribution in [0.25, 0.3) is 0 Å². The Hall–Kier alpha value is -2.47. The molecule has 1 aromatic heterocycles. The Labute approximate surface area is 154 Å². The first-order valence-electron chi connectivity index (χ1n) is 9.16. The van der Waals surface area contributed by atoms with Crippen LogP contribution >= 0.6 is 0 Å². The highest BCUT2D eigenvalue weighted by atomic mass is 16.1. The average molecular weight is 353 g/mol. The lowest BCUT2D eigenvalue weighted by molar-refractivity contribution is 0.0946. The van der Waals surface area contributed by atoms with Gasteiger partial charge in [0.05, 0.1) is 0 Å². The maximum Gasteiger partial charge on any atom is 0.273 e. The van der Waals surface area contributed by atoms with Crippen LogP contribution in [0.15, 0.2) is 36.7 Å². The fourth-order valence-electron chi connectivity index (χ4n) is 3.73. The van der Waals surface area contributed by atoms with Gasteiger partial charge in [-0.15, -0.1) is 0 Å². The number of carbonyl (C=O) groups is 1. The Morgan fingerprint density at radius 3 is 2.38 bits per heavy atom. The number of benzene rings is 1. The molecule has 2 heterocycles. The third kappa shape index (κ3) is 4.79. The molecule has 3 rings (SSSR count). The van der Waals surface area contributed by atoms with E-state index in [9.17, 15) is 4.79 Å². The molecule has 1 saturated heterocycles. The van der Waals surface area contributed by atoms with Gasteiger partial charge in [0.15, 0.2) is 11.5 Å². The summed E-state index contributed by atoms with van der Waals surface area (Å²) in [5.41, 5.74) is 8.20. The minimum atomic E-state index is -0.309. The van der Waals surface area contributed by atoms with Gasteiger partial charge < -0.3 is 11.1 Å². The van der Waals surface area contributed by atoms with Crippen LogP contribution in [0.2, 0.25) is 0 Å². The Morgan fingerprint density at radius 1 is 1.12 bits per heavy atom. The first-order valence-corrected chi connectivity index (χ1v) is 9.16. The fraction of sp³-hybridized carbons (Fsp3) is 0.450. The van der Waals surface area contributed by atoms with Gasteiger partial charge in [0.1, 0.15) is 0 Å². The van der Waals surface area contributed by atoms with Crippen molar-refractivity contribution >= 4 is 11.7 Å². The van der Waals surface area contributed by atoms with Gasteiger partial charge in [0.25, 0.3) is 5.91 Å². The van der Waals surface area contributed by atoms with Gasteiger partial charge in [-0.3, -0.25) is 9.69 Å². The van der Waals surface area contributed by atoms with Crippen molar-refractivity contribution in [2.75, 3.05) is 18.8 Å². The second kappa shape index (κ2) is 8.27. The van der Waals surface area contributed by atoms with Crippen LogP contribution in [0.4, 0.5) is 5.82 Å². The van der Waals surface area contributed by atoms with Crippen LogP contribution in [-0.2, 0) is 13.1 Å². The number of aromatic nitrogens is 2. The molecule has 1 aliphatic rings. The first kappa shape index (κ1) is 18.3. The molecule has 26 heavy (non-hydrogen) atoms. The Balaban J connectivity index is 1.53. The summed E-state index contributed by atoms with van der Waals surface area (Å²) in [4.78, 5) is 22.5. The van der Waals surface area contributed by atoms with Crippen LogP contribution in [0, 0.1) is 11.8 Å². The molecule has 138 valence electrons. The third-order valence-corrected chi connectivity index (χ3v) is 4.77. The number of rotatable bonds is 5. The van der Waals surface area contributed by atoms with Gasteiger partial charge in [-0.05, 0) is 29.4 Å². The lowest BCUT2D eigenvalue weighted by Crippen LogP contribution is -2.38. The van der Waals surface area contributed by atoms with Gasteiger partial charge in [0, 0.05) is 38.6 Å². The second-order valence-electron chi connectivity index (χ2n) is 7.43. The number of anilines is 1. The normalized spacial score (nSPS) is 20.7. The number of nitrogens with one attached hydrogen (secondary N) is 1. The second-order valence-corrected chi connectivity index (χ2v) is 7.43. The van der Waals surface area contributed by atoms with Crippen molar-refractivity contribution in [3.05, 3.63) is 53.5 Å². The number of nitrogen functional groups attached to an aromatic ring is 1. The molecule has 0 spiro atoms. The molecule has 2 aromatic rings. The smallest absolute Gasteiger partial charge is 0.273 e. The van der Waals surface area contributed by atoms with E-state index in [1.807, 2.05) is 0 Å². The zero-order chi connectivity index (χ0) is 18.5. The molecule has 0 aliphatic carbocycles. The predicted molar refractivity (Wildman–Crippen MR) is 102 cm³/mol. The molecule has 1 amide bonds. The summed E-state index contributed by atoms with van der Waals surface area (Å²) in [6, 6.07) is 8.41. The quantitative estimate of drug-likeness (QED) is 0.863. The number of hydrogen-bond donors (Lipinski definition) is 2. The minimum Gasteiger partial charge on any atom is -0.382 e. The van der Waals surface area contributed by atoms with Crippen molar-refractivity contribution in [3.8, 4) is 0 Å². The molecule has 0 radical (unpaired) electrons. The van der Waals surface area contributed by atoms with Gasteiger partial charge in [0.2, 0.25) is 0 Å². The van der Waals surface area contributed by atoms with E-state index in [0.717, 1.165) is 23.9 Å². The van der Waals surface area contributed by atoms with Crippen molar-refractivity contribution in [1.82, 2.24) is 20.2 Å². The predicted octanol–water partition coefficient (Wildman–Crippen LogP) is 2.47. The summed E-state index contributed by atoms with van der Waals surface area (Å²) < 4.78 is 0. The third-order valence-electron chi connectivity index (χ3n) is 4.77. The minimum absolute atomic E-state index is 0.144. The van der Waals surface area contributed by atoms with Crippen molar-refractivity contribution in [1.29, 1.82) is 0 Å². The molecule has 1 fully saturated rings. The number of likely N-dealkylation sites (tertiary alicyclic amines) is 1. The number of piperidine rings is 1. The molecule has 0 bridgehead atoms. The molecule has 2 atom stereocenters. The number of amides is 1. The molecule has 0 saturated carbocycles. The summed E-state index contributed by atoms with van der Waals surface area (Å²) in [7, 11) is 0. The van der Waals surface area contributed by atoms with Gasteiger partial charge in [-0.25, -0.2) is 9.97 Å². The lowest BCUT2D eigenvalue weighted by atomic mass is 9.91.